The number of nitrogens with zero attached hydrogens (tertiary/aromatic N) is 1. The molecule has 2 aromatic rings. The van der Waals surface area contributed by atoms with Gasteiger partial charge in [-0.3, -0.25) is 4.98 Å². The molecule has 2 rings (SSSR count). The van der Waals surface area contributed by atoms with E-state index in [-0.39, 0.29) is 0 Å². The molecule has 0 spiro atoms. The summed E-state index contributed by atoms with van der Waals surface area (Å²) in [5.74, 6) is 0. The van der Waals surface area contributed by atoms with Crippen LogP contribution in [0, 0.1) is 0 Å². The number of unbranched alkanes of at least 4 members (excludes halogenated alkanes) is 3. The summed E-state index contributed by atoms with van der Waals surface area (Å²) in [6, 6.07) is 10.1. The van der Waals surface area contributed by atoms with Crippen LogP contribution in [0.1, 0.15) is 43.9 Å². The van der Waals surface area contributed by atoms with Gasteiger partial charge in [-0.05, 0) is 30.7 Å². The number of rotatable bonds is 7. The topological polar surface area (TPSA) is 33.1 Å². The molecule has 1 heterocycles. The fourth-order valence-electron chi connectivity index (χ4n) is 2.35. The van der Waals surface area contributed by atoms with Crippen LogP contribution in [0.5, 0.6) is 0 Å². The number of aliphatic hydroxyl groups is 1. The molecule has 1 N–H and O–H groups in total. The predicted octanol–water partition coefficient (Wildman–Crippen LogP) is 4.40. The van der Waals surface area contributed by atoms with Gasteiger partial charge >= 0.3 is 0 Å². The number of pyridine rings is 1. The van der Waals surface area contributed by atoms with Crippen molar-refractivity contribution >= 4 is 10.8 Å². The van der Waals surface area contributed by atoms with E-state index < -0.39 is 6.10 Å². The highest BCUT2D eigenvalue weighted by atomic mass is 16.3. The predicted molar refractivity (Wildman–Crippen MR) is 80.0 cm³/mol. The Morgan fingerprint density at radius 2 is 2.00 bits per heavy atom. The molecule has 0 aliphatic rings. The van der Waals surface area contributed by atoms with Crippen LogP contribution in [0.3, 0.4) is 0 Å². The fourth-order valence-corrected chi connectivity index (χ4v) is 2.35. The van der Waals surface area contributed by atoms with E-state index in [9.17, 15) is 5.11 Å². The number of aliphatic hydroxyl groups excluding tert-OH is 1. The van der Waals surface area contributed by atoms with Gasteiger partial charge in [0.25, 0.3) is 0 Å². The quantitative estimate of drug-likeness (QED) is 0.587. The van der Waals surface area contributed by atoms with Crippen LogP contribution in [0.4, 0.5) is 0 Å². The number of hydrogen-bond acceptors (Lipinski definition) is 2. The Hall–Kier alpha value is -1.67. The van der Waals surface area contributed by atoms with Crippen LogP contribution in [0.2, 0.25) is 0 Å². The molecule has 1 unspecified atom stereocenters. The van der Waals surface area contributed by atoms with Gasteiger partial charge in [-0.2, -0.15) is 0 Å². The van der Waals surface area contributed by atoms with Crippen molar-refractivity contribution in [2.45, 2.75) is 38.2 Å². The molecule has 0 aliphatic heterocycles. The first-order valence-electron chi connectivity index (χ1n) is 6.95. The lowest BCUT2D eigenvalue weighted by Gasteiger charge is -2.12. The third-order valence-electron chi connectivity index (χ3n) is 3.41. The van der Waals surface area contributed by atoms with Gasteiger partial charge in [-0.25, -0.2) is 0 Å². The van der Waals surface area contributed by atoms with E-state index in [2.05, 4.69) is 17.6 Å². The Morgan fingerprint density at radius 3 is 2.84 bits per heavy atom. The van der Waals surface area contributed by atoms with Crippen LogP contribution in [-0.2, 0) is 0 Å². The normalized spacial score (nSPS) is 12.5. The molecule has 0 radical (unpaired) electrons. The molecule has 2 nitrogen and oxygen atoms in total. The van der Waals surface area contributed by atoms with E-state index >= 15 is 0 Å². The molecule has 1 aromatic heterocycles. The van der Waals surface area contributed by atoms with Crippen molar-refractivity contribution in [2.24, 2.45) is 0 Å². The second kappa shape index (κ2) is 7.05. The lowest BCUT2D eigenvalue weighted by Crippen LogP contribution is -2.01. The van der Waals surface area contributed by atoms with Crippen molar-refractivity contribution in [1.29, 1.82) is 0 Å². The summed E-state index contributed by atoms with van der Waals surface area (Å²) in [7, 11) is 0. The van der Waals surface area contributed by atoms with Gasteiger partial charge in [0.2, 0.25) is 0 Å². The molecule has 0 fully saturated rings. The van der Waals surface area contributed by atoms with Crippen LogP contribution in [0.25, 0.3) is 10.8 Å². The van der Waals surface area contributed by atoms with E-state index in [1.807, 2.05) is 30.3 Å². The third-order valence-corrected chi connectivity index (χ3v) is 3.41. The summed E-state index contributed by atoms with van der Waals surface area (Å²) in [5.41, 5.74) is 0.807. The smallest absolute Gasteiger partial charge is 0.0966 e. The summed E-state index contributed by atoms with van der Waals surface area (Å²) in [6.07, 6.45) is 8.41. The summed E-state index contributed by atoms with van der Waals surface area (Å²) >= 11 is 0. The Morgan fingerprint density at radius 1 is 1.16 bits per heavy atom. The maximum Gasteiger partial charge on any atom is 0.0966 e. The Kier molecular flexibility index (Phi) is 5.10. The molecule has 0 saturated heterocycles. The Balaban J connectivity index is 2.01. The van der Waals surface area contributed by atoms with Gasteiger partial charge < -0.3 is 5.11 Å². The van der Waals surface area contributed by atoms with Gasteiger partial charge in [0.15, 0.2) is 0 Å². The first-order valence-corrected chi connectivity index (χ1v) is 6.95. The second-order valence-corrected chi connectivity index (χ2v) is 4.86. The Bertz CT molecular complexity index is 530. The summed E-state index contributed by atoms with van der Waals surface area (Å²) in [5, 5.41) is 12.5. The highest BCUT2D eigenvalue weighted by Gasteiger charge is 2.11. The fraction of sp³-hybridized carbons (Fsp3) is 0.353. The van der Waals surface area contributed by atoms with E-state index in [4.69, 9.17) is 0 Å². The first-order chi connectivity index (χ1) is 9.33. The van der Waals surface area contributed by atoms with Crippen molar-refractivity contribution in [2.75, 3.05) is 0 Å². The van der Waals surface area contributed by atoms with Gasteiger partial charge in [0.1, 0.15) is 0 Å². The van der Waals surface area contributed by atoms with Crippen molar-refractivity contribution in [3.05, 3.63) is 54.9 Å². The maximum absolute atomic E-state index is 10.3. The molecule has 19 heavy (non-hydrogen) atoms. The minimum Gasteiger partial charge on any atom is -0.387 e. The molecule has 0 amide bonds. The first kappa shape index (κ1) is 13.8. The van der Waals surface area contributed by atoms with Crippen LogP contribution < -0.4 is 0 Å². The summed E-state index contributed by atoms with van der Waals surface area (Å²) < 4.78 is 0. The SMILES string of the molecule is C=CCCCCCC(O)c1nccc2ccccc12. The molecular formula is C17H21NO. The summed E-state index contributed by atoms with van der Waals surface area (Å²) in [6.45, 7) is 3.72. The Labute approximate surface area is 114 Å². The largest absolute Gasteiger partial charge is 0.387 e. The van der Waals surface area contributed by atoms with Crippen molar-refractivity contribution in [1.82, 2.24) is 4.98 Å². The monoisotopic (exact) mass is 255 g/mol. The van der Waals surface area contributed by atoms with Crippen molar-refractivity contribution < 1.29 is 5.11 Å². The molecule has 0 aliphatic carbocycles. The highest BCUT2D eigenvalue weighted by molar-refractivity contribution is 5.84. The zero-order valence-corrected chi connectivity index (χ0v) is 11.3. The molecule has 1 atom stereocenters. The zero-order valence-electron chi connectivity index (χ0n) is 11.3. The van der Waals surface area contributed by atoms with Crippen molar-refractivity contribution in [3.63, 3.8) is 0 Å². The number of hydrogen-bond donors (Lipinski definition) is 1. The molecule has 1 aromatic carbocycles. The average molecular weight is 255 g/mol. The lowest BCUT2D eigenvalue weighted by atomic mass is 10.0. The van der Waals surface area contributed by atoms with Crippen LogP contribution in [0.15, 0.2) is 49.2 Å². The summed E-state index contributed by atoms with van der Waals surface area (Å²) in [4.78, 5) is 4.36. The zero-order chi connectivity index (χ0) is 13.5. The van der Waals surface area contributed by atoms with E-state index in [0.717, 1.165) is 48.6 Å². The highest BCUT2D eigenvalue weighted by Crippen LogP contribution is 2.25. The van der Waals surface area contributed by atoms with Crippen LogP contribution >= 0.6 is 0 Å². The van der Waals surface area contributed by atoms with Crippen molar-refractivity contribution in [3.8, 4) is 0 Å². The number of aromatic nitrogens is 1. The van der Waals surface area contributed by atoms with Gasteiger partial charge in [0, 0.05) is 11.6 Å². The molecule has 0 saturated carbocycles. The molecule has 2 heteroatoms. The van der Waals surface area contributed by atoms with E-state index in [0.29, 0.717) is 0 Å². The molecular weight excluding hydrogens is 234 g/mol. The molecule has 100 valence electrons. The average Bonchev–Trinajstić information content (AvgIpc) is 2.46. The minimum atomic E-state index is -0.463. The standard InChI is InChI=1S/C17H21NO/c1-2-3-4-5-6-11-16(19)17-15-10-8-7-9-14(15)12-13-18-17/h2,7-10,12-13,16,19H,1,3-6,11H2. The van der Waals surface area contributed by atoms with Crippen LogP contribution in [-0.4, -0.2) is 10.1 Å². The molecule has 0 bridgehead atoms. The van der Waals surface area contributed by atoms with E-state index in [1.54, 1.807) is 6.20 Å². The number of fused-ring (bicyclic) bond motifs is 1. The second-order valence-electron chi connectivity index (χ2n) is 4.86. The lowest BCUT2D eigenvalue weighted by molar-refractivity contribution is 0.160. The minimum absolute atomic E-state index is 0.463. The number of allylic oxidation sites excluding steroid dienone is 1. The van der Waals surface area contributed by atoms with Gasteiger partial charge in [0.05, 0.1) is 11.8 Å². The maximum atomic E-state index is 10.3. The van der Waals surface area contributed by atoms with Gasteiger partial charge in [-0.1, -0.05) is 43.2 Å². The number of benzene rings is 1. The van der Waals surface area contributed by atoms with Gasteiger partial charge in [-0.15, -0.1) is 6.58 Å². The van der Waals surface area contributed by atoms with E-state index in [1.165, 1.54) is 0 Å². The third kappa shape index (κ3) is 3.65.